The highest BCUT2D eigenvalue weighted by atomic mass is 79.9. The van der Waals surface area contributed by atoms with Crippen LogP contribution in [0, 0.1) is 18.4 Å². The van der Waals surface area contributed by atoms with Crippen LogP contribution >= 0.6 is 15.9 Å². The fraction of sp³-hybridized carbons (Fsp3) is 0.111. The van der Waals surface area contributed by atoms with Crippen LogP contribution in [0.3, 0.4) is 0 Å². The van der Waals surface area contributed by atoms with Gasteiger partial charge in [-0.25, -0.2) is 0 Å². The first-order valence-corrected chi connectivity index (χ1v) is 4.40. The maximum absolute atomic E-state index is 11.3. The third-order valence-electron chi connectivity index (χ3n) is 1.54. The third-order valence-corrected chi connectivity index (χ3v) is 2.23. The summed E-state index contributed by atoms with van der Waals surface area (Å²) < 4.78 is 0.686. The summed E-state index contributed by atoms with van der Waals surface area (Å²) >= 11 is 3.23. The van der Waals surface area contributed by atoms with E-state index in [-0.39, 0.29) is 0 Å². The van der Waals surface area contributed by atoms with Gasteiger partial charge in [-0.1, -0.05) is 11.6 Å². The first-order valence-electron chi connectivity index (χ1n) is 3.60. The zero-order valence-electron chi connectivity index (χ0n) is 6.97. The summed E-state index contributed by atoms with van der Waals surface area (Å²) in [6, 6.07) is 5.38. The second-order valence-corrected chi connectivity index (χ2v) is 3.40. The summed E-state index contributed by atoms with van der Waals surface area (Å²) in [6.45, 7) is 1.88. The van der Waals surface area contributed by atoms with Gasteiger partial charge in [0.15, 0.2) is 6.19 Å². The molecular weight excluding hydrogens is 232 g/mol. The smallest absolute Gasteiger partial charge is 0.265 e. The van der Waals surface area contributed by atoms with Crippen LogP contribution in [0.2, 0.25) is 0 Å². The van der Waals surface area contributed by atoms with E-state index in [2.05, 4.69) is 21.2 Å². The minimum atomic E-state index is -0.391. The molecule has 0 fully saturated rings. The van der Waals surface area contributed by atoms with E-state index in [1.54, 1.807) is 18.3 Å². The molecule has 1 aromatic carbocycles. The van der Waals surface area contributed by atoms with Crippen molar-refractivity contribution >= 4 is 21.8 Å². The van der Waals surface area contributed by atoms with Crippen LogP contribution in [0.4, 0.5) is 0 Å². The maximum Gasteiger partial charge on any atom is 0.265 e. The summed E-state index contributed by atoms with van der Waals surface area (Å²) in [4.78, 5) is 11.3. The second-order valence-electron chi connectivity index (χ2n) is 2.55. The molecule has 0 bridgehead atoms. The molecule has 0 heterocycles. The molecule has 0 saturated heterocycles. The topological polar surface area (TPSA) is 52.9 Å². The Morgan fingerprint density at radius 3 is 2.92 bits per heavy atom. The quantitative estimate of drug-likeness (QED) is 0.601. The van der Waals surface area contributed by atoms with E-state index < -0.39 is 5.91 Å². The van der Waals surface area contributed by atoms with Gasteiger partial charge in [-0.05, 0) is 35.0 Å². The molecule has 13 heavy (non-hydrogen) atoms. The van der Waals surface area contributed by atoms with Crippen LogP contribution in [0.15, 0.2) is 22.7 Å². The lowest BCUT2D eigenvalue weighted by Gasteiger charge is -2.02. The highest BCUT2D eigenvalue weighted by Crippen LogP contribution is 2.17. The van der Waals surface area contributed by atoms with Crippen molar-refractivity contribution in [2.45, 2.75) is 6.92 Å². The van der Waals surface area contributed by atoms with Crippen LogP contribution in [0.5, 0.6) is 0 Å². The van der Waals surface area contributed by atoms with Gasteiger partial charge in [-0.3, -0.25) is 10.1 Å². The molecule has 0 atom stereocenters. The fourth-order valence-corrected chi connectivity index (χ4v) is 1.36. The van der Waals surface area contributed by atoms with Crippen LogP contribution < -0.4 is 5.32 Å². The van der Waals surface area contributed by atoms with Gasteiger partial charge in [0.25, 0.3) is 5.91 Å². The molecule has 1 aromatic rings. The largest absolute Gasteiger partial charge is 0.268 e. The van der Waals surface area contributed by atoms with Crippen molar-refractivity contribution in [3.63, 3.8) is 0 Å². The molecule has 0 aliphatic heterocycles. The van der Waals surface area contributed by atoms with Crippen molar-refractivity contribution in [3.05, 3.63) is 33.8 Å². The predicted molar refractivity (Wildman–Crippen MR) is 52.0 cm³/mol. The Morgan fingerprint density at radius 2 is 2.31 bits per heavy atom. The Balaban J connectivity index is 3.07. The number of carbonyl (C=O) groups excluding carboxylic acids is 1. The first-order chi connectivity index (χ1) is 6.15. The second kappa shape index (κ2) is 4.06. The Kier molecular flexibility index (Phi) is 3.04. The molecular formula is C9H7BrN2O. The van der Waals surface area contributed by atoms with E-state index in [4.69, 9.17) is 5.26 Å². The standard InChI is InChI=1S/C9H7BrN2O/c1-6-2-3-8(10)7(4-6)9(13)12-5-11/h2-4H,1H3,(H,12,13). The minimum absolute atomic E-state index is 0.391. The number of hydrogen-bond donors (Lipinski definition) is 1. The van der Waals surface area contributed by atoms with Crippen LogP contribution in [0.25, 0.3) is 0 Å². The van der Waals surface area contributed by atoms with E-state index >= 15 is 0 Å². The lowest BCUT2D eigenvalue weighted by atomic mass is 10.1. The molecule has 0 spiro atoms. The number of nitriles is 1. The summed E-state index contributed by atoms with van der Waals surface area (Å²) in [5.41, 5.74) is 1.45. The van der Waals surface area contributed by atoms with Gasteiger partial charge in [0.2, 0.25) is 0 Å². The summed E-state index contributed by atoms with van der Waals surface area (Å²) in [7, 11) is 0. The SMILES string of the molecule is Cc1ccc(Br)c(C(=O)NC#N)c1. The highest BCUT2D eigenvalue weighted by Gasteiger charge is 2.08. The number of hydrogen-bond acceptors (Lipinski definition) is 2. The molecule has 66 valence electrons. The van der Waals surface area contributed by atoms with Crippen LogP contribution in [-0.4, -0.2) is 5.91 Å². The van der Waals surface area contributed by atoms with Crippen molar-refractivity contribution in [2.75, 3.05) is 0 Å². The maximum atomic E-state index is 11.3. The van der Waals surface area contributed by atoms with Crippen molar-refractivity contribution in [1.29, 1.82) is 5.26 Å². The molecule has 0 aromatic heterocycles. The predicted octanol–water partition coefficient (Wildman–Crippen LogP) is 1.97. The van der Waals surface area contributed by atoms with Crippen molar-refractivity contribution in [2.24, 2.45) is 0 Å². The van der Waals surface area contributed by atoms with Crippen molar-refractivity contribution in [1.82, 2.24) is 5.32 Å². The fourth-order valence-electron chi connectivity index (χ4n) is 0.931. The minimum Gasteiger partial charge on any atom is -0.268 e. The molecule has 0 saturated carbocycles. The zero-order chi connectivity index (χ0) is 9.84. The number of aryl methyl sites for hydroxylation is 1. The molecule has 0 aliphatic carbocycles. The third kappa shape index (κ3) is 2.30. The number of rotatable bonds is 1. The van der Waals surface area contributed by atoms with Gasteiger partial charge < -0.3 is 0 Å². The van der Waals surface area contributed by atoms with Crippen molar-refractivity contribution < 1.29 is 4.79 Å². The van der Waals surface area contributed by atoms with Gasteiger partial charge in [0.1, 0.15) is 0 Å². The number of carbonyl (C=O) groups is 1. The van der Waals surface area contributed by atoms with Gasteiger partial charge in [0.05, 0.1) is 5.56 Å². The normalized spacial score (nSPS) is 9.00. The Bertz CT molecular complexity index is 382. The Hall–Kier alpha value is -1.34. The summed E-state index contributed by atoms with van der Waals surface area (Å²) in [5.74, 6) is -0.391. The molecule has 0 unspecified atom stereocenters. The molecule has 1 N–H and O–H groups in total. The van der Waals surface area contributed by atoms with E-state index in [0.717, 1.165) is 5.56 Å². The number of benzene rings is 1. The van der Waals surface area contributed by atoms with E-state index in [1.165, 1.54) is 0 Å². The lowest BCUT2D eigenvalue weighted by Crippen LogP contribution is -2.17. The number of halogens is 1. The molecule has 1 rings (SSSR count). The van der Waals surface area contributed by atoms with E-state index in [1.807, 2.05) is 13.0 Å². The average molecular weight is 239 g/mol. The number of nitrogens with one attached hydrogen (secondary N) is 1. The summed E-state index contributed by atoms with van der Waals surface area (Å²) in [5, 5.41) is 10.3. The molecule has 0 aliphatic rings. The van der Waals surface area contributed by atoms with Crippen LogP contribution in [0.1, 0.15) is 15.9 Å². The first kappa shape index (κ1) is 9.75. The lowest BCUT2D eigenvalue weighted by molar-refractivity contribution is 0.0972. The van der Waals surface area contributed by atoms with E-state index in [0.29, 0.717) is 10.0 Å². The monoisotopic (exact) mass is 238 g/mol. The highest BCUT2D eigenvalue weighted by molar-refractivity contribution is 9.10. The van der Waals surface area contributed by atoms with Gasteiger partial charge >= 0.3 is 0 Å². The zero-order valence-corrected chi connectivity index (χ0v) is 8.55. The van der Waals surface area contributed by atoms with Gasteiger partial charge in [-0.15, -0.1) is 0 Å². The number of nitrogens with zero attached hydrogens (tertiary/aromatic N) is 1. The summed E-state index contributed by atoms with van der Waals surface area (Å²) in [6.07, 6.45) is 1.59. The van der Waals surface area contributed by atoms with Crippen LogP contribution in [-0.2, 0) is 0 Å². The molecule has 4 heteroatoms. The molecule has 1 amide bonds. The molecule has 0 radical (unpaired) electrons. The van der Waals surface area contributed by atoms with Gasteiger partial charge in [-0.2, -0.15) is 5.26 Å². The van der Waals surface area contributed by atoms with Gasteiger partial charge in [0, 0.05) is 4.47 Å². The molecule has 3 nitrogen and oxygen atoms in total. The average Bonchev–Trinajstić information content (AvgIpc) is 2.09. The number of amides is 1. The Morgan fingerprint density at radius 1 is 1.62 bits per heavy atom. The van der Waals surface area contributed by atoms with E-state index in [9.17, 15) is 4.79 Å². The van der Waals surface area contributed by atoms with Crippen molar-refractivity contribution in [3.8, 4) is 6.19 Å². The Labute approximate surface area is 84.5 Å².